The Kier molecular flexibility index (Phi) is 3.00. The molecule has 0 atom stereocenters. The number of aryl methyl sites for hydroxylation is 1. The summed E-state index contributed by atoms with van der Waals surface area (Å²) in [5, 5.41) is 10.8. The molecule has 1 aliphatic rings. The molecule has 3 heteroatoms. The number of hydrogen-bond acceptors (Lipinski definition) is 2. The first-order valence-electron chi connectivity index (χ1n) is 6.81. The first-order chi connectivity index (χ1) is 8.78. The highest BCUT2D eigenvalue weighted by Crippen LogP contribution is 2.25. The van der Waals surface area contributed by atoms with Crippen LogP contribution in [0.25, 0.3) is 10.9 Å². The summed E-state index contributed by atoms with van der Waals surface area (Å²) in [5.74, 6) is 0.350. The number of benzene rings is 1. The molecule has 0 amide bonds. The van der Waals surface area contributed by atoms with E-state index in [0.29, 0.717) is 5.75 Å². The first-order valence-corrected chi connectivity index (χ1v) is 6.81. The Morgan fingerprint density at radius 2 is 1.94 bits per heavy atom. The number of aromatic nitrogens is 1. The van der Waals surface area contributed by atoms with Crippen LogP contribution in [0, 0.1) is 0 Å². The minimum atomic E-state index is 0.350. The minimum absolute atomic E-state index is 0.350. The number of hydrogen-bond donors (Lipinski definition) is 1. The number of rotatable bonds is 3. The van der Waals surface area contributed by atoms with Crippen molar-refractivity contribution in [3.05, 3.63) is 30.0 Å². The van der Waals surface area contributed by atoms with Gasteiger partial charge in [-0.1, -0.05) is 0 Å². The van der Waals surface area contributed by atoms with E-state index in [1.807, 2.05) is 12.1 Å². The van der Waals surface area contributed by atoms with Crippen LogP contribution in [0.4, 0.5) is 0 Å². The SMILES string of the molecule is CCn1c(CN2CCCC2)cc2ccc(O)cc21. The molecule has 1 N–H and O–H groups in total. The van der Waals surface area contributed by atoms with E-state index in [4.69, 9.17) is 0 Å². The number of nitrogens with zero attached hydrogens (tertiary/aromatic N) is 2. The molecule has 96 valence electrons. The molecule has 0 saturated carbocycles. The van der Waals surface area contributed by atoms with Crippen LogP contribution in [-0.2, 0) is 13.1 Å². The maximum absolute atomic E-state index is 9.62. The van der Waals surface area contributed by atoms with Crippen LogP contribution >= 0.6 is 0 Å². The van der Waals surface area contributed by atoms with Crippen molar-refractivity contribution >= 4 is 10.9 Å². The molecular formula is C15H20N2O. The van der Waals surface area contributed by atoms with Gasteiger partial charge < -0.3 is 9.67 Å². The van der Waals surface area contributed by atoms with Crippen molar-refractivity contribution in [2.24, 2.45) is 0 Å². The van der Waals surface area contributed by atoms with Crippen LogP contribution in [-0.4, -0.2) is 27.7 Å². The van der Waals surface area contributed by atoms with Crippen LogP contribution in [0.3, 0.4) is 0 Å². The van der Waals surface area contributed by atoms with Gasteiger partial charge in [-0.2, -0.15) is 0 Å². The number of aromatic hydroxyl groups is 1. The molecule has 2 aromatic rings. The van der Waals surface area contributed by atoms with Crippen molar-refractivity contribution in [1.29, 1.82) is 0 Å². The zero-order valence-electron chi connectivity index (χ0n) is 10.9. The third-order valence-corrected chi connectivity index (χ3v) is 3.87. The van der Waals surface area contributed by atoms with Crippen LogP contribution in [0.15, 0.2) is 24.3 Å². The fraction of sp³-hybridized carbons (Fsp3) is 0.467. The molecule has 1 aromatic heterocycles. The lowest BCUT2D eigenvalue weighted by Gasteiger charge is -2.16. The highest BCUT2D eigenvalue weighted by molar-refractivity contribution is 5.82. The Balaban J connectivity index is 1.99. The summed E-state index contributed by atoms with van der Waals surface area (Å²) in [6, 6.07) is 7.90. The summed E-state index contributed by atoms with van der Waals surface area (Å²) in [6.45, 7) is 6.59. The molecule has 1 fully saturated rings. The number of phenols is 1. The summed E-state index contributed by atoms with van der Waals surface area (Å²) in [7, 11) is 0. The van der Waals surface area contributed by atoms with Gasteiger partial charge in [-0.25, -0.2) is 0 Å². The second-order valence-corrected chi connectivity index (χ2v) is 5.11. The maximum Gasteiger partial charge on any atom is 0.117 e. The summed E-state index contributed by atoms with van der Waals surface area (Å²) in [5.41, 5.74) is 2.51. The predicted molar refractivity (Wildman–Crippen MR) is 73.8 cm³/mol. The molecule has 1 aromatic carbocycles. The van der Waals surface area contributed by atoms with Gasteiger partial charge in [-0.3, -0.25) is 4.90 Å². The van der Waals surface area contributed by atoms with E-state index in [-0.39, 0.29) is 0 Å². The highest BCUT2D eigenvalue weighted by Gasteiger charge is 2.15. The molecular weight excluding hydrogens is 224 g/mol. The quantitative estimate of drug-likeness (QED) is 0.899. The minimum Gasteiger partial charge on any atom is -0.508 e. The second-order valence-electron chi connectivity index (χ2n) is 5.11. The lowest BCUT2D eigenvalue weighted by atomic mass is 10.2. The van der Waals surface area contributed by atoms with Crippen molar-refractivity contribution in [1.82, 2.24) is 9.47 Å². The van der Waals surface area contributed by atoms with Gasteiger partial charge in [-0.05, 0) is 51.1 Å². The normalized spacial score (nSPS) is 16.7. The molecule has 0 bridgehead atoms. The molecule has 1 aliphatic heterocycles. The van der Waals surface area contributed by atoms with E-state index in [0.717, 1.165) is 18.6 Å². The summed E-state index contributed by atoms with van der Waals surface area (Å²) < 4.78 is 2.31. The van der Waals surface area contributed by atoms with E-state index in [1.54, 1.807) is 6.07 Å². The Hall–Kier alpha value is -1.48. The van der Waals surface area contributed by atoms with Gasteiger partial charge in [0.05, 0.1) is 5.52 Å². The van der Waals surface area contributed by atoms with E-state index in [9.17, 15) is 5.11 Å². The Morgan fingerprint density at radius 3 is 2.67 bits per heavy atom. The number of phenolic OH excluding ortho intramolecular Hbond substituents is 1. The third-order valence-electron chi connectivity index (χ3n) is 3.87. The smallest absolute Gasteiger partial charge is 0.117 e. The Bertz CT molecular complexity index is 553. The van der Waals surface area contributed by atoms with Crippen LogP contribution < -0.4 is 0 Å². The first kappa shape index (κ1) is 11.6. The average Bonchev–Trinajstić information content (AvgIpc) is 2.96. The zero-order valence-corrected chi connectivity index (χ0v) is 10.9. The zero-order chi connectivity index (χ0) is 12.5. The molecule has 18 heavy (non-hydrogen) atoms. The van der Waals surface area contributed by atoms with Gasteiger partial charge in [0.1, 0.15) is 5.75 Å². The molecule has 3 nitrogen and oxygen atoms in total. The molecule has 1 saturated heterocycles. The average molecular weight is 244 g/mol. The van der Waals surface area contributed by atoms with Crippen molar-refractivity contribution in [3.8, 4) is 5.75 Å². The monoisotopic (exact) mass is 244 g/mol. The van der Waals surface area contributed by atoms with Gasteiger partial charge in [0.2, 0.25) is 0 Å². The van der Waals surface area contributed by atoms with Gasteiger partial charge in [0, 0.05) is 30.2 Å². The molecule has 0 unspecified atom stereocenters. The van der Waals surface area contributed by atoms with Crippen LogP contribution in [0.2, 0.25) is 0 Å². The lowest BCUT2D eigenvalue weighted by Crippen LogP contribution is -2.20. The van der Waals surface area contributed by atoms with Crippen LogP contribution in [0.1, 0.15) is 25.5 Å². The van der Waals surface area contributed by atoms with Gasteiger partial charge in [-0.15, -0.1) is 0 Å². The molecule has 0 spiro atoms. The van der Waals surface area contributed by atoms with Crippen molar-refractivity contribution in [2.45, 2.75) is 32.9 Å². The summed E-state index contributed by atoms with van der Waals surface area (Å²) in [6.07, 6.45) is 2.65. The molecule has 2 heterocycles. The standard InChI is InChI=1S/C15H20N2O/c1-2-17-13(11-16-7-3-4-8-16)9-12-5-6-14(18)10-15(12)17/h5-6,9-10,18H,2-4,7-8,11H2,1H3. The van der Waals surface area contributed by atoms with Gasteiger partial charge >= 0.3 is 0 Å². The van der Waals surface area contributed by atoms with Crippen molar-refractivity contribution in [2.75, 3.05) is 13.1 Å². The number of fused-ring (bicyclic) bond motifs is 1. The van der Waals surface area contributed by atoms with Crippen LogP contribution in [0.5, 0.6) is 5.75 Å². The largest absolute Gasteiger partial charge is 0.508 e. The van der Waals surface area contributed by atoms with Gasteiger partial charge in [0.15, 0.2) is 0 Å². The van der Waals surface area contributed by atoms with Crippen molar-refractivity contribution < 1.29 is 5.11 Å². The molecule has 0 radical (unpaired) electrons. The van der Waals surface area contributed by atoms with Gasteiger partial charge in [0.25, 0.3) is 0 Å². The second kappa shape index (κ2) is 4.65. The topological polar surface area (TPSA) is 28.4 Å². The summed E-state index contributed by atoms with van der Waals surface area (Å²) >= 11 is 0. The molecule has 0 aliphatic carbocycles. The van der Waals surface area contributed by atoms with E-state index in [2.05, 4.69) is 22.5 Å². The summed E-state index contributed by atoms with van der Waals surface area (Å²) in [4.78, 5) is 2.51. The predicted octanol–water partition coefficient (Wildman–Crippen LogP) is 2.96. The third kappa shape index (κ3) is 1.99. The van der Waals surface area contributed by atoms with E-state index in [1.165, 1.54) is 37.0 Å². The molecule has 3 rings (SSSR count). The maximum atomic E-state index is 9.62. The fourth-order valence-corrected chi connectivity index (χ4v) is 2.97. The Labute approximate surface area is 108 Å². The Morgan fingerprint density at radius 1 is 1.17 bits per heavy atom. The fourth-order valence-electron chi connectivity index (χ4n) is 2.97. The van der Waals surface area contributed by atoms with E-state index >= 15 is 0 Å². The van der Waals surface area contributed by atoms with Crippen molar-refractivity contribution in [3.63, 3.8) is 0 Å². The number of likely N-dealkylation sites (tertiary alicyclic amines) is 1. The lowest BCUT2D eigenvalue weighted by molar-refractivity contribution is 0.322. The van der Waals surface area contributed by atoms with E-state index < -0.39 is 0 Å². The highest BCUT2D eigenvalue weighted by atomic mass is 16.3.